The Labute approximate surface area is 135 Å². The Hall–Kier alpha value is -1.63. The molecule has 0 aliphatic heterocycles. The van der Waals surface area contributed by atoms with Gasteiger partial charge in [0.15, 0.2) is 0 Å². The molecule has 0 aromatic rings. The molecule has 23 heavy (non-hydrogen) atoms. The second-order valence-electron chi connectivity index (χ2n) is 7.22. The molecule has 0 aromatic carbocycles. The molecular weight excluding hydrogens is 298 g/mol. The molecule has 0 radical (unpaired) electrons. The molecule has 3 aliphatic rings. The first-order valence-corrected chi connectivity index (χ1v) is 8.43. The van der Waals surface area contributed by atoms with Crippen LogP contribution in [0.1, 0.15) is 38.5 Å². The Balaban J connectivity index is 1.47. The molecule has 7 nitrogen and oxygen atoms in total. The van der Waals surface area contributed by atoms with Crippen LogP contribution in [0.5, 0.6) is 0 Å². The van der Waals surface area contributed by atoms with E-state index < -0.39 is 11.4 Å². The van der Waals surface area contributed by atoms with E-state index in [0.29, 0.717) is 18.8 Å². The first-order chi connectivity index (χ1) is 10.9. The number of nitrogens with zero attached hydrogens (tertiary/aromatic N) is 1. The molecule has 0 spiro atoms. The molecule has 0 unspecified atom stereocenters. The van der Waals surface area contributed by atoms with Crippen LogP contribution in [-0.4, -0.2) is 60.0 Å². The van der Waals surface area contributed by atoms with Crippen molar-refractivity contribution in [1.29, 1.82) is 0 Å². The number of carbonyl (C=O) groups excluding carboxylic acids is 2. The second-order valence-corrected chi connectivity index (χ2v) is 7.22. The third kappa shape index (κ3) is 3.49. The van der Waals surface area contributed by atoms with Crippen LogP contribution in [0.15, 0.2) is 0 Å². The summed E-state index contributed by atoms with van der Waals surface area (Å²) in [6.45, 7) is 0.920. The van der Waals surface area contributed by atoms with E-state index in [-0.39, 0.29) is 30.4 Å². The van der Waals surface area contributed by atoms with Crippen molar-refractivity contribution >= 4 is 17.8 Å². The van der Waals surface area contributed by atoms with E-state index >= 15 is 0 Å². The van der Waals surface area contributed by atoms with Crippen molar-refractivity contribution in [3.05, 3.63) is 0 Å². The monoisotopic (exact) mass is 323 g/mol. The summed E-state index contributed by atoms with van der Waals surface area (Å²) in [6, 6.07) is 0.289. The third-order valence-corrected chi connectivity index (χ3v) is 5.34. The minimum Gasteiger partial charge on any atom is -0.480 e. The van der Waals surface area contributed by atoms with E-state index in [1.807, 2.05) is 4.90 Å². The summed E-state index contributed by atoms with van der Waals surface area (Å²) in [5, 5.41) is 14.6. The molecule has 0 saturated heterocycles. The van der Waals surface area contributed by atoms with Crippen LogP contribution in [0.2, 0.25) is 0 Å². The largest absolute Gasteiger partial charge is 0.480 e. The number of rotatable bonds is 8. The fraction of sp³-hybridized carbons (Fsp3) is 0.812. The van der Waals surface area contributed by atoms with E-state index in [2.05, 4.69) is 10.6 Å². The van der Waals surface area contributed by atoms with Gasteiger partial charge in [-0.1, -0.05) is 0 Å². The highest BCUT2D eigenvalue weighted by Gasteiger charge is 2.56. The van der Waals surface area contributed by atoms with Crippen LogP contribution in [0.3, 0.4) is 0 Å². The summed E-state index contributed by atoms with van der Waals surface area (Å²) < 4.78 is 0. The zero-order valence-electron chi connectivity index (χ0n) is 13.5. The van der Waals surface area contributed by atoms with Crippen LogP contribution in [-0.2, 0) is 14.4 Å². The average molecular weight is 323 g/mol. The molecule has 3 aliphatic carbocycles. The topological polar surface area (TPSA) is 98.7 Å². The molecule has 0 bridgehead atoms. The lowest BCUT2D eigenvalue weighted by Gasteiger charge is -2.43. The lowest BCUT2D eigenvalue weighted by atomic mass is 9.84. The van der Waals surface area contributed by atoms with Gasteiger partial charge in [0.05, 0.1) is 6.54 Å². The SMILES string of the molecule is CNC(=O)C1(C(=O)NC2CC(N(CC(=O)O)CC3CC3)C2)CC1. The number of carboxylic acid groups (broad SMARTS) is 1. The molecule has 3 saturated carbocycles. The molecule has 2 amide bonds. The molecule has 3 rings (SSSR count). The van der Waals surface area contributed by atoms with Crippen LogP contribution >= 0.6 is 0 Å². The summed E-state index contributed by atoms with van der Waals surface area (Å²) in [7, 11) is 1.55. The number of carbonyl (C=O) groups is 3. The number of amides is 2. The summed E-state index contributed by atoms with van der Waals surface area (Å²) in [5.41, 5.74) is -0.853. The Kier molecular flexibility index (Phi) is 4.31. The average Bonchev–Trinajstić information content (AvgIpc) is 3.32. The lowest BCUT2D eigenvalue weighted by Crippen LogP contribution is -2.57. The zero-order valence-corrected chi connectivity index (χ0v) is 13.5. The highest BCUT2D eigenvalue weighted by molar-refractivity contribution is 6.07. The molecule has 3 fully saturated rings. The molecule has 0 atom stereocenters. The van der Waals surface area contributed by atoms with Crippen LogP contribution in [0, 0.1) is 11.3 Å². The van der Waals surface area contributed by atoms with E-state index in [1.54, 1.807) is 7.05 Å². The van der Waals surface area contributed by atoms with E-state index in [0.717, 1.165) is 19.4 Å². The number of hydrogen-bond donors (Lipinski definition) is 3. The van der Waals surface area contributed by atoms with Crippen LogP contribution in [0.25, 0.3) is 0 Å². The summed E-state index contributed by atoms with van der Waals surface area (Å²) in [6.07, 6.45) is 5.16. The zero-order chi connectivity index (χ0) is 16.6. The molecule has 3 N–H and O–H groups in total. The van der Waals surface area contributed by atoms with Gasteiger partial charge in [-0.25, -0.2) is 0 Å². The number of hydrogen-bond acceptors (Lipinski definition) is 4. The van der Waals surface area contributed by atoms with Gasteiger partial charge in [0.2, 0.25) is 11.8 Å². The Morgan fingerprint density at radius 2 is 1.83 bits per heavy atom. The van der Waals surface area contributed by atoms with Crippen molar-refractivity contribution in [2.45, 2.75) is 50.6 Å². The van der Waals surface area contributed by atoms with Gasteiger partial charge in [-0.05, 0) is 44.4 Å². The maximum atomic E-state index is 12.3. The molecule has 7 heteroatoms. The van der Waals surface area contributed by atoms with Crippen molar-refractivity contribution in [2.75, 3.05) is 20.1 Å². The Morgan fingerprint density at radius 1 is 1.17 bits per heavy atom. The van der Waals surface area contributed by atoms with Gasteiger partial charge in [-0.15, -0.1) is 0 Å². The number of aliphatic carboxylic acids is 1. The first kappa shape index (κ1) is 16.2. The van der Waals surface area contributed by atoms with Gasteiger partial charge in [-0.2, -0.15) is 0 Å². The van der Waals surface area contributed by atoms with Crippen molar-refractivity contribution < 1.29 is 19.5 Å². The molecular formula is C16H25N3O4. The van der Waals surface area contributed by atoms with Gasteiger partial charge >= 0.3 is 5.97 Å². The Bertz CT molecular complexity index is 507. The first-order valence-electron chi connectivity index (χ1n) is 8.43. The van der Waals surface area contributed by atoms with Gasteiger partial charge in [0.1, 0.15) is 5.41 Å². The fourth-order valence-electron chi connectivity index (χ4n) is 3.40. The highest BCUT2D eigenvalue weighted by Crippen LogP contribution is 2.46. The molecule has 0 heterocycles. The highest BCUT2D eigenvalue weighted by atomic mass is 16.4. The van der Waals surface area contributed by atoms with Gasteiger partial charge in [0, 0.05) is 25.7 Å². The third-order valence-electron chi connectivity index (χ3n) is 5.34. The van der Waals surface area contributed by atoms with Gasteiger partial charge < -0.3 is 15.7 Å². The van der Waals surface area contributed by atoms with Crippen molar-refractivity contribution in [3.63, 3.8) is 0 Å². The van der Waals surface area contributed by atoms with Crippen molar-refractivity contribution in [1.82, 2.24) is 15.5 Å². The number of nitrogens with one attached hydrogen (secondary N) is 2. The van der Waals surface area contributed by atoms with Gasteiger partial charge in [0.25, 0.3) is 0 Å². The standard InChI is InChI=1S/C16H25N3O4/c1-17-14(22)16(4-5-16)15(23)18-11-6-12(7-11)19(9-13(20)21)8-10-2-3-10/h10-12H,2-9H2,1H3,(H,17,22)(H,18,23)(H,20,21). The molecule has 0 aromatic heterocycles. The van der Waals surface area contributed by atoms with Crippen molar-refractivity contribution in [3.8, 4) is 0 Å². The van der Waals surface area contributed by atoms with E-state index in [4.69, 9.17) is 5.11 Å². The van der Waals surface area contributed by atoms with E-state index in [1.165, 1.54) is 12.8 Å². The minimum absolute atomic E-state index is 0.0603. The van der Waals surface area contributed by atoms with E-state index in [9.17, 15) is 14.4 Å². The Morgan fingerprint density at radius 3 is 2.30 bits per heavy atom. The predicted molar refractivity (Wildman–Crippen MR) is 82.6 cm³/mol. The maximum absolute atomic E-state index is 12.3. The predicted octanol–water partition coefficient (Wildman–Crippen LogP) is -0.0436. The maximum Gasteiger partial charge on any atom is 0.317 e. The van der Waals surface area contributed by atoms with Crippen LogP contribution < -0.4 is 10.6 Å². The van der Waals surface area contributed by atoms with Gasteiger partial charge in [-0.3, -0.25) is 19.3 Å². The normalized spacial score (nSPS) is 27.9. The lowest BCUT2D eigenvalue weighted by molar-refractivity contribution is -0.141. The molecule has 128 valence electrons. The second kappa shape index (κ2) is 6.11. The minimum atomic E-state index is -0.853. The van der Waals surface area contributed by atoms with Crippen molar-refractivity contribution in [2.24, 2.45) is 11.3 Å². The summed E-state index contributed by atoms with van der Waals surface area (Å²) in [4.78, 5) is 37.1. The summed E-state index contributed by atoms with van der Waals surface area (Å²) >= 11 is 0. The number of carboxylic acids is 1. The smallest absolute Gasteiger partial charge is 0.317 e. The van der Waals surface area contributed by atoms with Crippen LogP contribution in [0.4, 0.5) is 0 Å². The fourth-order valence-corrected chi connectivity index (χ4v) is 3.40. The summed E-state index contributed by atoms with van der Waals surface area (Å²) in [5.74, 6) is -0.528. The quantitative estimate of drug-likeness (QED) is 0.544.